The molecule has 5 nitrogen and oxygen atoms in total. The van der Waals surface area contributed by atoms with Crippen LogP contribution in [0.15, 0.2) is 24.3 Å². The summed E-state index contributed by atoms with van der Waals surface area (Å²) in [4.78, 5) is 26.6. The van der Waals surface area contributed by atoms with Crippen LogP contribution in [0.25, 0.3) is 0 Å². The molecule has 1 N–H and O–H groups in total. The average Bonchev–Trinajstić information content (AvgIpc) is 3.10. The van der Waals surface area contributed by atoms with E-state index in [0.29, 0.717) is 11.3 Å². The molecule has 27 heavy (non-hydrogen) atoms. The molecular formula is C19H26F3N3O2. The SMILES string of the molecule is CCc1ccc(C(CNC(=O)C2CCCN2C(=O)C(F)(F)F)N(C)C)cc1. The van der Waals surface area contributed by atoms with Crippen molar-refractivity contribution in [3.05, 3.63) is 35.4 Å². The Morgan fingerprint density at radius 3 is 2.41 bits per heavy atom. The van der Waals surface area contributed by atoms with Crippen molar-refractivity contribution in [2.24, 2.45) is 0 Å². The first-order valence-corrected chi connectivity index (χ1v) is 9.06. The van der Waals surface area contributed by atoms with Crippen LogP contribution in [0, 0.1) is 0 Å². The molecule has 1 saturated heterocycles. The van der Waals surface area contributed by atoms with Crippen LogP contribution >= 0.6 is 0 Å². The highest BCUT2D eigenvalue weighted by atomic mass is 19.4. The lowest BCUT2D eigenvalue weighted by molar-refractivity contribution is -0.186. The lowest BCUT2D eigenvalue weighted by Crippen LogP contribution is -2.51. The van der Waals surface area contributed by atoms with Gasteiger partial charge in [-0.1, -0.05) is 31.2 Å². The summed E-state index contributed by atoms with van der Waals surface area (Å²) in [6.45, 7) is 2.27. The van der Waals surface area contributed by atoms with E-state index in [1.807, 2.05) is 43.3 Å². The number of aryl methyl sites for hydroxylation is 1. The number of carbonyl (C=O) groups excluding carboxylic acids is 2. The molecule has 1 aromatic carbocycles. The van der Waals surface area contributed by atoms with Crippen LogP contribution in [0.2, 0.25) is 0 Å². The maximum Gasteiger partial charge on any atom is 0.471 e. The van der Waals surface area contributed by atoms with E-state index in [1.165, 1.54) is 5.56 Å². The van der Waals surface area contributed by atoms with Crippen LogP contribution in [0.5, 0.6) is 0 Å². The van der Waals surface area contributed by atoms with Gasteiger partial charge in [-0.2, -0.15) is 13.2 Å². The van der Waals surface area contributed by atoms with Crippen LogP contribution in [-0.4, -0.2) is 61.0 Å². The molecule has 2 atom stereocenters. The molecule has 2 unspecified atom stereocenters. The van der Waals surface area contributed by atoms with Crippen molar-refractivity contribution in [2.75, 3.05) is 27.2 Å². The number of hydrogen-bond acceptors (Lipinski definition) is 3. The zero-order valence-corrected chi connectivity index (χ0v) is 15.8. The second-order valence-corrected chi connectivity index (χ2v) is 6.97. The highest BCUT2D eigenvalue weighted by Crippen LogP contribution is 2.26. The fourth-order valence-corrected chi connectivity index (χ4v) is 3.33. The second kappa shape index (κ2) is 8.73. The molecule has 2 amide bonds. The van der Waals surface area contributed by atoms with Crippen LogP contribution < -0.4 is 5.32 Å². The van der Waals surface area contributed by atoms with Gasteiger partial charge in [-0.15, -0.1) is 0 Å². The number of rotatable bonds is 6. The molecular weight excluding hydrogens is 359 g/mol. The minimum Gasteiger partial charge on any atom is -0.352 e. The highest BCUT2D eigenvalue weighted by molar-refractivity contribution is 5.90. The van der Waals surface area contributed by atoms with Crippen molar-refractivity contribution in [3.8, 4) is 0 Å². The molecule has 0 spiro atoms. The van der Waals surface area contributed by atoms with Gasteiger partial charge in [0.1, 0.15) is 6.04 Å². The Hall–Kier alpha value is -2.09. The predicted molar refractivity (Wildman–Crippen MR) is 96.0 cm³/mol. The van der Waals surface area contributed by atoms with Crippen molar-refractivity contribution in [1.29, 1.82) is 0 Å². The molecule has 0 bridgehead atoms. The maximum atomic E-state index is 12.7. The Balaban J connectivity index is 2.03. The van der Waals surface area contributed by atoms with E-state index >= 15 is 0 Å². The number of nitrogens with one attached hydrogen (secondary N) is 1. The largest absolute Gasteiger partial charge is 0.471 e. The molecule has 0 aliphatic carbocycles. The zero-order chi connectivity index (χ0) is 20.2. The Bertz CT molecular complexity index is 659. The number of likely N-dealkylation sites (N-methyl/N-ethyl adjacent to an activating group) is 1. The van der Waals surface area contributed by atoms with E-state index in [1.54, 1.807) is 0 Å². The van der Waals surface area contributed by atoms with Gasteiger partial charge in [0.05, 0.1) is 6.04 Å². The van der Waals surface area contributed by atoms with Gasteiger partial charge in [0.25, 0.3) is 0 Å². The van der Waals surface area contributed by atoms with Gasteiger partial charge >= 0.3 is 12.1 Å². The predicted octanol–water partition coefficient (Wildman–Crippen LogP) is 2.52. The number of carbonyl (C=O) groups is 2. The molecule has 8 heteroatoms. The highest BCUT2D eigenvalue weighted by Gasteiger charge is 2.47. The number of halogens is 3. The molecule has 1 fully saturated rings. The quantitative estimate of drug-likeness (QED) is 0.819. The van der Waals surface area contributed by atoms with Gasteiger partial charge in [-0.05, 0) is 44.5 Å². The summed E-state index contributed by atoms with van der Waals surface area (Å²) >= 11 is 0. The monoisotopic (exact) mass is 385 g/mol. The minimum atomic E-state index is -4.96. The summed E-state index contributed by atoms with van der Waals surface area (Å²) in [5.41, 5.74) is 2.21. The molecule has 150 valence electrons. The van der Waals surface area contributed by atoms with Crippen molar-refractivity contribution in [1.82, 2.24) is 15.1 Å². The van der Waals surface area contributed by atoms with E-state index < -0.39 is 24.0 Å². The van der Waals surface area contributed by atoms with Crippen LogP contribution in [0.1, 0.15) is 36.9 Å². The smallest absolute Gasteiger partial charge is 0.352 e. The van der Waals surface area contributed by atoms with E-state index in [4.69, 9.17) is 0 Å². The third-order valence-electron chi connectivity index (χ3n) is 4.92. The van der Waals surface area contributed by atoms with Crippen molar-refractivity contribution in [2.45, 2.75) is 44.4 Å². The van der Waals surface area contributed by atoms with Gasteiger partial charge in [0, 0.05) is 13.1 Å². The fraction of sp³-hybridized carbons (Fsp3) is 0.579. The minimum absolute atomic E-state index is 0.0496. The van der Waals surface area contributed by atoms with E-state index in [2.05, 4.69) is 12.2 Å². The van der Waals surface area contributed by atoms with E-state index in [9.17, 15) is 22.8 Å². The zero-order valence-electron chi connectivity index (χ0n) is 15.8. The summed E-state index contributed by atoms with van der Waals surface area (Å²) in [5.74, 6) is -2.48. The Labute approximate surface area is 157 Å². The standard InChI is InChI=1S/C19H26F3N3O2/c1-4-13-7-9-14(10-8-13)16(24(2)3)12-23-17(26)15-6-5-11-25(15)18(27)19(20,21)22/h7-10,15-16H,4-6,11-12H2,1-3H3,(H,23,26). The number of nitrogens with zero attached hydrogens (tertiary/aromatic N) is 2. The van der Waals surface area contributed by atoms with E-state index in [-0.39, 0.29) is 25.6 Å². The topological polar surface area (TPSA) is 52.7 Å². The molecule has 0 aromatic heterocycles. The lowest BCUT2D eigenvalue weighted by atomic mass is 10.0. The molecule has 1 aromatic rings. The summed E-state index contributed by atoms with van der Waals surface area (Å²) in [6.07, 6.45) is -3.41. The van der Waals surface area contributed by atoms with Gasteiger partial charge in [-0.25, -0.2) is 0 Å². The van der Waals surface area contributed by atoms with Crippen LogP contribution in [-0.2, 0) is 16.0 Å². The molecule has 0 radical (unpaired) electrons. The normalized spacial score (nSPS) is 18.6. The molecule has 0 saturated carbocycles. The van der Waals surface area contributed by atoms with Gasteiger partial charge < -0.3 is 15.1 Å². The third kappa shape index (κ3) is 5.22. The first-order chi connectivity index (χ1) is 12.6. The summed E-state index contributed by atoms with van der Waals surface area (Å²) in [5, 5.41) is 2.73. The second-order valence-electron chi connectivity index (χ2n) is 6.97. The fourth-order valence-electron chi connectivity index (χ4n) is 3.33. The number of likely N-dealkylation sites (tertiary alicyclic amines) is 1. The lowest BCUT2D eigenvalue weighted by Gasteiger charge is -2.28. The summed E-state index contributed by atoms with van der Waals surface area (Å²) < 4.78 is 38.1. The van der Waals surface area contributed by atoms with Crippen LogP contribution in [0.3, 0.4) is 0 Å². The molecule has 1 aliphatic heterocycles. The van der Waals surface area contributed by atoms with Gasteiger partial charge in [-0.3, -0.25) is 9.59 Å². The molecule has 2 rings (SSSR count). The number of benzene rings is 1. The maximum absolute atomic E-state index is 12.7. The number of alkyl halides is 3. The summed E-state index contributed by atoms with van der Waals surface area (Å²) in [7, 11) is 3.75. The number of amides is 2. The average molecular weight is 385 g/mol. The Kier molecular flexibility index (Phi) is 6.86. The van der Waals surface area contributed by atoms with Crippen molar-refractivity contribution in [3.63, 3.8) is 0 Å². The van der Waals surface area contributed by atoms with Gasteiger partial charge in [0.15, 0.2) is 0 Å². The van der Waals surface area contributed by atoms with Crippen molar-refractivity contribution < 1.29 is 22.8 Å². The Morgan fingerprint density at radius 2 is 1.89 bits per heavy atom. The molecule has 1 heterocycles. The van der Waals surface area contributed by atoms with E-state index in [0.717, 1.165) is 12.0 Å². The van der Waals surface area contributed by atoms with Crippen molar-refractivity contribution >= 4 is 11.8 Å². The Morgan fingerprint density at radius 1 is 1.26 bits per heavy atom. The van der Waals surface area contributed by atoms with Crippen LogP contribution in [0.4, 0.5) is 13.2 Å². The first kappa shape index (κ1) is 21.2. The van der Waals surface area contributed by atoms with Gasteiger partial charge in [0.2, 0.25) is 5.91 Å². The molecule has 1 aliphatic rings. The first-order valence-electron chi connectivity index (χ1n) is 9.06. The third-order valence-corrected chi connectivity index (χ3v) is 4.92. The number of hydrogen-bond donors (Lipinski definition) is 1. The summed E-state index contributed by atoms with van der Waals surface area (Å²) in [6, 6.07) is 6.84.